The first-order valence-corrected chi connectivity index (χ1v) is 8.26. The van der Waals surface area contributed by atoms with Gasteiger partial charge in [-0.15, -0.1) is 12.4 Å². The minimum atomic E-state index is 0. The summed E-state index contributed by atoms with van der Waals surface area (Å²) in [5, 5.41) is 8.86. The molecule has 0 aromatic heterocycles. The van der Waals surface area contributed by atoms with Crippen LogP contribution >= 0.6 is 12.4 Å². The number of amides is 1. The van der Waals surface area contributed by atoms with Crippen LogP contribution in [0.3, 0.4) is 0 Å². The molecule has 1 amide bonds. The average Bonchev–Trinajstić information content (AvgIpc) is 3.35. The molecule has 0 aliphatic heterocycles. The van der Waals surface area contributed by atoms with Gasteiger partial charge in [-0.05, 0) is 41.6 Å². The van der Waals surface area contributed by atoms with Crippen molar-refractivity contribution in [2.24, 2.45) is 5.92 Å². The van der Waals surface area contributed by atoms with E-state index in [-0.39, 0.29) is 24.2 Å². The minimum Gasteiger partial charge on any atom is -0.355 e. The van der Waals surface area contributed by atoms with Crippen molar-refractivity contribution in [1.29, 1.82) is 0 Å². The van der Waals surface area contributed by atoms with E-state index in [1.165, 1.54) is 16.3 Å². The van der Waals surface area contributed by atoms with Crippen molar-refractivity contribution < 1.29 is 4.79 Å². The lowest BCUT2D eigenvalue weighted by atomic mass is 10.0. The summed E-state index contributed by atoms with van der Waals surface area (Å²) in [5.41, 5.74) is 1.29. The molecule has 2 N–H and O–H groups in total. The quantitative estimate of drug-likeness (QED) is 0.762. The highest BCUT2D eigenvalue weighted by atomic mass is 35.5. The normalized spacial score (nSPS) is 19.2. The van der Waals surface area contributed by atoms with Crippen molar-refractivity contribution in [3.63, 3.8) is 0 Å². The van der Waals surface area contributed by atoms with Gasteiger partial charge in [0.15, 0.2) is 0 Å². The number of hydrogen-bond acceptors (Lipinski definition) is 2. The van der Waals surface area contributed by atoms with Gasteiger partial charge in [0.25, 0.3) is 0 Å². The molecule has 2 atom stereocenters. The monoisotopic (exact) mass is 332 g/mol. The first-order valence-electron chi connectivity index (χ1n) is 8.26. The first kappa shape index (κ1) is 17.8. The molecule has 23 heavy (non-hydrogen) atoms. The van der Waals surface area contributed by atoms with E-state index in [1.54, 1.807) is 0 Å². The minimum absolute atomic E-state index is 0. The highest BCUT2D eigenvalue weighted by Crippen LogP contribution is 2.48. The van der Waals surface area contributed by atoms with Gasteiger partial charge in [-0.2, -0.15) is 0 Å². The molecular formula is C19H25ClN2O. The number of nitrogens with one attached hydrogen (secondary N) is 2. The Hall–Kier alpha value is -1.58. The molecule has 0 saturated heterocycles. The Balaban J connectivity index is 0.00000192. The van der Waals surface area contributed by atoms with Crippen LogP contribution in [-0.4, -0.2) is 25.5 Å². The average molecular weight is 333 g/mol. The molecule has 1 aliphatic carbocycles. The predicted octanol–water partition coefficient (Wildman–Crippen LogP) is 3.48. The van der Waals surface area contributed by atoms with Crippen LogP contribution in [0.25, 0.3) is 10.8 Å². The molecule has 1 saturated carbocycles. The van der Waals surface area contributed by atoms with Gasteiger partial charge in [0.05, 0.1) is 0 Å². The lowest BCUT2D eigenvalue weighted by Gasteiger charge is -2.06. The van der Waals surface area contributed by atoms with E-state index in [2.05, 4.69) is 60.0 Å². The van der Waals surface area contributed by atoms with Crippen LogP contribution in [0.4, 0.5) is 0 Å². The molecule has 0 bridgehead atoms. The summed E-state index contributed by atoms with van der Waals surface area (Å²) >= 11 is 0. The molecular weight excluding hydrogens is 308 g/mol. The highest BCUT2D eigenvalue weighted by molar-refractivity contribution is 5.86. The summed E-state index contributed by atoms with van der Waals surface area (Å²) in [6.07, 6.45) is 2.10. The maximum atomic E-state index is 12.1. The van der Waals surface area contributed by atoms with E-state index in [4.69, 9.17) is 0 Å². The molecule has 3 rings (SSSR count). The third-order valence-corrected chi connectivity index (χ3v) is 4.36. The summed E-state index contributed by atoms with van der Waals surface area (Å²) in [7, 11) is 0. The summed E-state index contributed by atoms with van der Waals surface area (Å²) in [4.78, 5) is 12.1. The lowest BCUT2D eigenvalue weighted by molar-refractivity contribution is -0.122. The zero-order valence-electron chi connectivity index (χ0n) is 13.5. The zero-order chi connectivity index (χ0) is 15.4. The molecule has 1 aliphatic rings. The fraction of sp³-hybridized carbons (Fsp3) is 0.421. The predicted molar refractivity (Wildman–Crippen MR) is 98.2 cm³/mol. The standard InChI is InChI=1S/C19H24N2O.ClH/c1-2-9-20-10-11-21-19(22)18-13-17(18)16-8-7-14-5-3-4-6-15(14)12-16;/h3-8,12,17-18,20H,2,9-11,13H2,1H3,(H,21,22);1H. The molecule has 0 spiro atoms. The Bertz CT molecular complexity index is 659. The summed E-state index contributed by atoms with van der Waals surface area (Å²) in [6.45, 7) is 4.73. The third-order valence-electron chi connectivity index (χ3n) is 4.36. The second-order valence-electron chi connectivity index (χ2n) is 6.10. The van der Waals surface area contributed by atoms with Crippen LogP contribution < -0.4 is 10.6 Å². The fourth-order valence-electron chi connectivity index (χ4n) is 3.00. The topological polar surface area (TPSA) is 41.1 Å². The van der Waals surface area contributed by atoms with E-state index in [1.807, 2.05) is 0 Å². The largest absolute Gasteiger partial charge is 0.355 e. The van der Waals surface area contributed by atoms with E-state index in [9.17, 15) is 4.79 Å². The van der Waals surface area contributed by atoms with Crippen molar-refractivity contribution in [1.82, 2.24) is 10.6 Å². The van der Waals surface area contributed by atoms with Gasteiger partial charge in [-0.1, -0.05) is 49.4 Å². The molecule has 4 heteroatoms. The Morgan fingerprint density at radius 1 is 1.09 bits per heavy atom. The number of hydrogen-bond donors (Lipinski definition) is 2. The van der Waals surface area contributed by atoms with Crippen molar-refractivity contribution >= 4 is 29.1 Å². The Morgan fingerprint density at radius 2 is 1.87 bits per heavy atom. The SMILES string of the molecule is CCCNCCNC(=O)C1CC1c1ccc2ccccc2c1.Cl. The zero-order valence-corrected chi connectivity index (χ0v) is 14.4. The summed E-state index contributed by atoms with van der Waals surface area (Å²) in [5.74, 6) is 0.761. The molecule has 124 valence electrons. The summed E-state index contributed by atoms with van der Waals surface area (Å²) < 4.78 is 0. The second kappa shape index (κ2) is 8.32. The van der Waals surface area contributed by atoms with Gasteiger partial charge in [0, 0.05) is 19.0 Å². The molecule has 2 unspecified atom stereocenters. The van der Waals surface area contributed by atoms with Gasteiger partial charge < -0.3 is 10.6 Å². The van der Waals surface area contributed by atoms with Gasteiger partial charge in [-0.25, -0.2) is 0 Å². The number of carbonyl (C=O) groups is 1. The van der Waals surface area contributed by atoms with Crippen LogP contribution in [0, 0.1) is 5.92 Å². The number of benzene rings is 2. The molecule has 0 heterocycles. The van der Waals surface area contributed by atoms with Crippen LogP contribution in [-0.2, 0) is 4.79 Å². The summed E-state index contributed by atoms with van der Waals surface area (Å²) in [6, 6.07) is 14.9. The molecule has 2 aromatic carbocycles. The Kier molecular flexibility index (Phi) is 6.43. The van der Waals surface area contributed by atoms with E-state index >= 15 is 0 Å². The Morgan fingerprint density at radius 3 is 2.65 bits per heavy atom. The van der Waals surface area contributed by atoms with E-state index < -0.39 is 0 Å². The van der Waals surface area contributed by atoms with Gasteiger partial charge >= 0.3 is 0 Å². The van der Waals surface area contributed by atoms with E-state index in [0.29, 0.717) is 5.92 Å². The molecule has 0 radical (unpaired) electrons. The van der Waals surface area contributed by atoms with Crippen LogP contribution in [0.5, 0.6) is 0 Å². The van der Waals surface area contributed by atoms with Crippen molar-refractivity contribution in [3.8, 4) is 0 Å². The smallest absolute Gasteiger partial charge is 0.223 e. The molecule has 1 fully saturated rings. The third kappa shape index (κ3) is 4.46. The van der Waals surface area contributed by atoms with Crippen LogP contribution in [0.15, 0.2) is 42.5 Å². The van der Waals surface area contributed by atoms with Crippen LogP contribution in [0.1, 0.15) is 31.2 Å². The number of carbonyl (C=O) groups excluding carboxylic acids is 1. The Labute approximate surface area is 144 Å². The highest BCUT2D eigenvalue weighted by Gasteiger charge is 2.43. The maximum absolute atomic E-state index is 12.1. The van der Waals surface area contributed by atoms with Crippen molar-refractivity contribution in [2.75, 3.05) is 19.6 Å². The maximum Gasteiger partial charge on any atom is 0.223 e. The van der Waals surface area contributed by atoms with Gasteiger partial charge in [-0.3, -0.25) is 4.79 Å². The van der Waals surface area contributed by atoms with Crippen molar-refractivity contribution in [2.45, 2.75) is 25.7 Å². The number of fused-ring (bicyclic) bond motifs is 1. The number of rotatable bonds is 7. The number of halogens is 1. The second-order valence-corrected chi connectivity index (χ2v) is 6.10. The van der Waals surface area contributed by atoms with Gasteiger partial charge in [0.2, 0.25) is 5.91 Å². The lowest BCUT2D eigenvalue weighted by Crippen LogP contribution is -2.33. The van der Waals surface area contributed by atoms with E-state index in [0.717, 1.165) is 32.5 Å². The fourth-order valence-corrected chi connectivity index (χ4v) is 3.00. The molecule has 2 aromatic rings. The first-order chi connectivity index (χ1) is 10.8. The van der Waals surface area contributed by atoms with Crippen LogP contribution in [0.2, 0.25) is 0 Å². The van der Waals surface area contributed by atoms with Crippen molar-refractivity contribution in [3.05, 3.63) is 48.0 Å². The van der Waals surface area contributed by atoms with Gasteiger partial charge in [0.1, 0.15) is 0 Å². The molecule has 3 nitrogen and oxygen atoms in total.